The number of nitro groups is 1. The molecule has 0 amide bonds. The van der Waals surface area contributed by atoms with Gasteiger partial charge in [-0.15, -0.1) is 0 Å². The molecule has 4 aliphatic rings. The largest absolute Gasteiger partial charge is 0.393 e. The third kappa shape index (κ3) is 5.58. The van der Waals surface area contributed by atoms with Crippen molar-refractivity contribution in [1.29, 1.82) is 0 Å². The lowest BCUT2D eigenvalue weighted by Gasteiger charge is -2.45. The van der Waals surface area contributed by atoms with Gasteiger partial charge >= 0.3 is 11.4 Å². The fraction of sp³-hybridized carbons (Fsp3) is 0.657. The number of allylic oxidation sites excluding steroid dienone is 2. The number of aliphatic hydroxyl groups is 2. The number of benzene rings is 1. The van der Waals surface area contributed by atoms with Gasteiger partial charge in [-0.25, -0.2) is 23.5 Å². The lowest BCUT2D eigenvalue weighted by Crippen LogP contribution is -2.42. The summed E-state index contributed by atoms with van der Waals surface area (Å²) in [5.74, 6) is 2.40. The van der Waals surface area contributed by atoms with E-state index in [1.54, 1.807) is 0 Å². The molecule has 6 rings (SSSR count). The fourth-order valence-corrected chi connectivity index (χ4v) is 9.40. The van der Waals surface area contributed by atoms with Crippen LogP contribution in [0.1, 0.15) is 97.9 Å². The topological polar surface area (TPSA) is 133 Å². The monoisotopic (exact) mass is 620 g/mol. The highest BCUT2D eigenvalue weighted by Gasteiger charge is 2.51. The lowest BCUT2D eigenvalue weighted by molar-refractivity contribution is -0.384. The van der Waals surface area contributed by atoms with Crippen LogP contribution in [0.2, 0.25) is 0 Å². The number of hydrogen-bond donors (Lipinski definition) is 2. The second-order valence-corrected chi connectivity index (χ2v) is 14.8. The van der Waals surface area contributed by atoms with Gasteiger partial charge in [-0.1, -0.05) is 58.6 Å². The third-order valence-corrected chi connectivity index (χ3v) is 11.6. The molecular weight excluding hydrogens is 572 g/mol. The van der Waals surface area contributed by atoms with Crippen LogP contribution >= 0.6 is 0 Å². The van der Waals surface area contributed by atoms with E-state index in [1.807, 2.05) is 0 Å². The van der Waals surface area contributed by atoms with E-state index >= 15 is 0 Å². The zero-order chi connectivity index (χ0) is 32.2. The van der Waals surface area contributed by atoms with Crippen molar-refractivity contribution in [1.82, 2.24) is 13.9 Å². The zero-order valence-corrected chi connectivity index (χ0v) is 27.0. The number of aliphatic hydroxyl groups excluding tert-OH is 2. The summed E-state index contributed by atoms with van der Waals surface area (Å²) in [5, 5.41) is 33.0. The van der Waals surface area contributed by atoms with Crippen molar-refractivity contribution >= 4 is 5.69 Å². The molecule has 10 heteroatoms. The van der Waals surface area contributed by atoms with Crippen molar-refractivity contribution in [3.05, 3.63) is 78.1 Å². The first-order valence-electron chi connectivity index (χ1n) is 16.9. The average Bonchev–Trinajstić information content (AvgIpc) is 3.46. The Morgan fingerprint density at radius 3 is 2.49 bits per heavy atom. The molecule has 7 atom stereocenters. The summed E-state index contributed by atoms with van der Waals surface area (Å²) in [5.41, 5.74) is 2.07. The maximum absolute atomic E-state index is 14.1. The summed E-state index contributed by atoms with van der Waals surface area (Å²) in [6.45, 7) is 9.54. The SMILES string of the molecule is CC(C)CCC[C@@H](C)[C@H]1CCC2/C(=C/C3C4=C(Cn5c(=O)n(-c6ccc([N+](=O)[O-])cc6)c(=O)n53)[C@@H](O)C[C@H](O)C4)CCC[C@@]21C. The second-order valence-electron chi connectivity index (χ2n) is 14.8. The molecule has 2 unspecified atom stereocenters. The highest BCUT2D eigenvalue weighted by atomic mass is 16.6. The van der Waals surface area contributed by atoms with Crippen LogP contribution in [-0.2, 0) is 6.54 Å². The Morgan fingerprint density at radius 2 is 1.80 bits per heavy atom. The first-order chi connectivity index (χ1) is 21.4. The van der Waals surface area contributed by atoms with Gasteiger partial charge in [0.15, 0.2) is 0 Å². The molecule has 2 saturated carbocycles. The van der Waals surface area contributed by atoms with Gasteiger partial charge in [0.1, 0.15) is 0 Å². The summed E-state index contributed by atoms with van der Waals surface area (Å²) in [6, 6.07) is 4.81. The maximum atomic E-state index is 14.1. The van der Waals surface area contributed by atoms with Gasteiger partial charge in [-0.3, -0.25) is 10.1 Å². The molecular formula is C35H48N4O6. The molecule has 1 aromatic heterocycles. The molecule has 1 aliphatic heterocycles. The Morgan fingerprint density at radius 1 is 1.07 bits per heavy atom. The molecule has 10 nitrogen and oxygen atoms in total. The van der Waals surface area contributed by atoms with Crippen molar-refractivity contribution in [2.45, 2.75) is 117 Å². The molecule has 2 heterocycles. The van der Waals surface area contributed by atoms with Crippen LogP contribution in [0.4, 0.5) is 5.69 Å². The number of hydrogen-bond acceptors (Lipinski definition) is 6. The number of nitrogens with zero attached hydrogens (tertiary/aromatic N) is 4. The first-order valence-corrected chi connectivity index (χ1v) is 16.9. The van der Waals surface area contributed by atoms with Crippen molar-refractivity contribution in [3.8, 4) is 5.69 Å². The molecule has 0 bridgehead atoms. The van der Waals surface area contributed by atoms with Crippen LogP contribution in [-0.4, -0.2) is 41.3 Å². The van der Waals surface area contributed by atoms with Gasteiger partial charge in [0.05, 0.1) is 35.4 Å². The van der Waals surface area contributed by atoms with Crippen LogP contribution in [0, 0.1) is 39.2 Å². The van der Waals surface area contributed by atoms with Gasteiger partial charge in [0, 0.05) is 18.6 Å². The van der Waals surface area contributed by atoms with Crippen LogP contribution in [0.5, 0.6) is 0 Å². The summed E-state index contributed by atoms with van der Waals surface area (Å²) in [4.78, 5) is 38.6. The lowest BCUT2D eigenvalue weighted by atomic mass is 9.60. The molecule has 0 spiro atoms. The highest BCUT2D eigenvalue weighted by Crippen LogP contribution is 2.60. The van der Waals surface area contributed by atoms with Crippen molar-refractivity contribution < 1.29 is 15.1 Å². The van der Waals surface area contributed by atoms with Crippen LogP contribution in [0.25, 0.3) is 5.69 Å². The van der Waals surface area contributed by atoms with Crippen molar-refractivity contribution in [2.24, 2.45) is 29.1 Å². The molecule has 3 aliphatic carbocycles. The average molecular weight is 621 g/mol. The van der Waals surface area contributed by atoms with Crippen LogP contribution < -0.4 is 11.4 Å². The summed E-state index contributed by atoms with van der Waals surface area (Å²) >= 11 is 0. The molecule has 2 aromatic rings. The Hall–Kier alpha value is -3.24. The fourth-order valence-electron chi connectivity index (χ4n) is 9.40. The quantitative estimate of drug-likeness (QED) is 0.222. The van der Waals surface area contributed by atoms with Gasteiger partial charge in [-0.2, -0.15) is 0 Å². The highest BCUT2D eigenvalue weighted by molar-refractivity contribution is 5.41. The third-order valence-electron chi connectivity index (χ3n) is 11.6. The van der Waals surface area contributed by atoms with Gasteiger partial charge in [0.25, 0.3) is 5.69 Å². The Labute approximate surface area is 264 Å². The Balaban J connectivity index is 1.41. The summed E-state index contributed by atoms with van der Waals surface area (Å²) in [6.07, 6.45) is 10.3. The smallest absolute Gasteiger partial charge is 0.352 e. The summed E-state index contributed by atoms with van der Waals surface area (Å²) in [7, 11) is 0. The molecule has 0 saturated heterocycles. The molecule has 0 radical (unpaired) electrons. The number of fused-ring (bicyclic) bond motifs is 2. The summed E-state index contributed by atoms with van der Waals surface area (Å²) < 4.78 is 3.96. The normalized spacial score (nSPS) is 31.2. The Bertz CT molecular complexity index is 1630. The number of nitro benzene ring substituents is 1. The number of aromatic nitrogens is 3. The molecule has 1 aromatic carbocycles. The standard InChI is InChI=1S/C35H48N4O6/c1-21(2)7-5-8-22(3)29-14-15-30-23(9-6-16-35(29,30)4)17-31-27-18-26(40)19-32(41)28(27)20-36-33(42)37(34(43)38(31)36)24-10-12-25(13-11-24)39(44)45/h10-13,17,21-22,26,29-32,40-41H,5-9,14-16,18-20H2,1-4H3/b23-17+/t22-,26-,29-,30?,31?,32+,35-/m1/s1. The predicted molar refractivity (Wildman–Crippen MR) is 172 cm³/mol. The van der Waals surface area contributed by atoms with Gasteiger partial charge < -0.3 is 10.2 Å². The molecule has 244 valence electrons. The molecule has 2 N–H and O–H groups in total. The van der Waals surface area contributed by atoms with Gasteiger partial charge in [-0.05, 0) is 90.9 Å². The number of rotatable bonds is 8. The van der Waals surface area contributed by atoms with Crippen LogP contribution in [0.15, 0.2) is 56.6 Å². The van der Waals surface area contributed by atoms with E-state index in [9.17, 15) is 29.9 Å². The minimum absolute atomic E-state index is 0.0635. The van der Waals surface area contributed by atoms with Crippen molar-refractivity contribution in [2.75, 3.05) is 0 Å². The van der Waals surface area contributed by atoms with Crippen LogP contribution in [0.3, 0.4) is 0 Å². The minimum Gasteiger partial charge on any atom is -0.393 e. The van der Waals surface area contributed by atoms with Crippen molar-refractivity contribution in [3.63, 3.8) is 0 Å². The molecule has 45 heavy (non-hydrogen) atoms. The van der Waals surface area contributed by atoms with E-state index in [0.29, 0.717) is 29.7 Å². The van der Waals surface area contributed by atoms with E-state index in [-0.39, 0.29) is 29.8 Å². The zero-order valence-electron chi connectivity index (χ0n) is 27.0. The second kappa shape index (κ2) is 12.2. The van der Waals surface area contributed by atoms with E-state index in [1.165, 1.54) is 71.3 Å². The molecule has 2 fully saturated rings. The van der Waals surface area contributed by atoms with Gasteiger partial charge in [0.2, 0.25) is 0 Å². The number of non-ortho nitro benzene ring substituents is 1. The Kier molecular flexibility index (Phi) is 8.58. The van der Waals surface area contributed by atoms with E-state index < -0.39 is 34.6 Å². The van der Waals surface area contributed by atoms with E-state index in [4.69, 9.17) is 0 Å². The maximum Gasteiger partial charge on any atom is 0.352 e. The van der Waals surface area contributed by atoms with E-state index in [2.05, 4.69) is 33.8 Å². The predicted octanol–water partition coefficient (Wildman–Crippen LogP) is 5.68. The minimum atomic E-state index is -0.901. The van der Waals surface area contributed by atoms with E-state index in [0.717, 1.165) is 35.3 Å². The first kappa shape index (κ1) is 31.7.